The average molecular weight is 555 g/mol. The summed E-state index contributed by atoms with van der Waals surface area (Å²) < 4.78 is 0. The van der Waals surface area contributed by atoms with Crippen LogP contribution in [0.25, 0.3) is 0 Å². The van der Waals surface area contributed by atoms with E-state index in [1.807, 2.05) is 0 Å². The van der Waals surface area contributed by atoms with Crippen molar-refractivity contribution >= 4 is 34.0 Å². The Kier molecular flexibility index (Phi) is 22.0. The number of hydrogen-bond acceptors (Lipinski definition) is 0. The van der Waals surface area contributed by atoms with E-state index in [1.54, 1.807) is 0 Å². The monoisotopic (exact) mass is 554 g/mol. The van der Waals surface area contributed by atoms with Crippen molar-refractivity contribution < 1.29 is 25.8 Å². The minimum absolute atomic E-state index is 0. The van der Waals surface area contributed by atoms with Gasteiger partial charge in [0.05, 0.1) is 0 Å². The maximum atomic E-state index is 3.26. The molecule has 0 aromatic heterocycles. The molecule has 0 fully saturated rings. The summed E-state index contributed by atoms with van der Waals surface area (Å²) in [5, 5.41) is 0. The third-order valence-corrected chi connectivity index (χ3v) is 2.57. The van der Waals surface area contributed by atoms with Crippen LogP contribution in [0.5, 0.6) is 0 Å². The van der Waals surface area contributed by atoms with E-state index in [0.717, 1.165) is 12.8 Å². The normalized spacial score (nSPS) is 14.2. The molecule has 0 radical (unpaired) electrons. The van der Waals surface area contributed by atoms with Crippen LogP contribution in [0.4, 0.5) is 0 Å². The van der Waals surface area contributed by atoms with E-state index in [2.05, 4.69) is 50.3 Å². The van der Waals surface area contributed by atoms with Gasteiger partial charge in [-0.3, -0.25) is 12.2 Å². The maximum Gasteiger partial charge on any atom is 0 e. The third-order valence-electron chi connectivity index (χ3n) is 2.57. The number of allylic oxidation sites excluding steroid dienone is 8. The fraction of sp³-hybridized carbons (Fsp3) is 0.500. The van der Waals surface area contributed by atoms with Gasteiger partial charge in [0.25, 0.3) is 0 Å². The molecule has 0 aromatic carbocycles. The second kappa shape index (κ2) is 16.8. The minimum atomic E-state index is 0. The predicted octanol–water partition coefficient (Wildman–Crippen LogP) is 6.11. The van der Waals surface area contributed by atoms with Crippen molar-refractivity contribution in [3.05, 3.63) is 47.6 Å². The van der Waals surface area contributed by atoms with Gasteiger partial charge in [0.2, 0.25) is 0 Å². The molecule has 0 nitrogen and oxygen atoms in total. The van der Waals surface area contributed by atoms with E-state index in [-0.39, 0.29) is 59.8 Å². The Morgan fingerprint density at radius 1 is 0.842 bits per heavy atom. The molecule has 0 saturated carbocycles. The third kappa shape index (κ3) is 12.3. The summed E-state index contributed by atoms with van der Waals surface area (Å²) in [6.45, 7) is 4.39. The largest absolute Gasteiger partial charge is 0.269 e. The van der Waals surface area contributed by atoms with Gasteiger partial charge in [-0.05, 0) is 0 Å². The molecule has 108 valence electrons. The van der Waals surface area contributed by atoms with E-state index >= 15 is 0 Å². The molecule has 0 N–H and O–H groups in total. The first-order valence-electron chi connectivity index (χ1n) is 6.39. The summed E-state index contributed by atoms with van der Waals surface area (Å²) in [7, 11) is 0. The van der Waals surface area contributed by atoms with Crippen LogP contribution in [0, 0.1) is 12.2 Å². The van der Waals surface area contributed by atoms with E-state index < -0.39 is 0 Å². The first kappa shape index (κ1) is 24.8. The molecule has 2 rings (SSSR count). The van der Waals surface area contributed by atoms with Crippen molar-refractivity contribution in [3.8, 4) is 0 Å². The van der Waals surface area contributed by atoms with Gasteiger partial charge in [-0.2, -0.15) is 12.2 Å². The quantitative estimate of drug-likeness (QED) is 0.291. The topological polar surface area (TPSA) is 0 Å². The summed E-state index contributed by atoms with van der Waals surface area (Å²) in [6.07, 6.45) is 22.2. The molecule has 0 spiro atoms. The SMILES string of the molecule is Br.Br.CCCC1=[C-]CC=C1.CCCC1=[C-]CC=C1.[Hf]. The Morgan fingerprint density at radius 3 is 1.42 bits per heavy atom. The van der Waals surface area contributed by atoms with Crippen LogP contribution in [0.1, 0.15) is 52.4 Å². The van der Waals surface area contributed by atoms with E-state index in [9.17, 15) is 0 Å². The number of rotatable bonds is 4. The average Bonchev–Trinajstić information content (AvgIpc) is 2.92. The van der Waals surface area contributed by atoms with E-state index in [0.29, 0.717) is 0 Å². The van der Waals surface area contributed by atoms with Crippen molar-refractivity contribution in [2.45, 2.75) is 52.4 Å². The van der Waals surface area contributed by atoms with Crippen molar-refractivity contribution in [1.82, 2.24) is 0 Å². The molecule has 0 saturated heterocycles. The van der Waals surface area contributed by atoms with E-state index in [4.69, 9.17) is 0 Å². The molecule has 3 heteroatoms. The Hall–Kier alpha value is 0.790. The maximum absolute atomic E-state index is 3.26. The fourth-order valence-corrected chi connectivity index (χ4v) is 1.78. The number of halogens is 2. The van der Waals surface area contributed by atoms with Gasteiger partial charge in [0.1, 0.15) is 0 Å². The Labute approximate surface area is 158 Å². The molecule has 0 atom stereocenters. The van der Waals surface area contributed by atoms with Gasteiger partial charge >= 0.3 is 0 Å². The van der Waals surface area contributed by atoms with Gasteiger partial charge in [-0.25, -0.2) is 23.3 Å². The first-order chi connectivity index (χ1) is 7.86. The first-order valence-corrected chi connectivity index (χ1v) is 6.39. The molecule has 0 bridgehead atoms. The molecule has 0 heterocycles. The summed E-state index contributed by atoms with van der Waals surface area (Å²) in [4.78, 5) is 0. The van der Waals surface area contributed by atoms with Crippen molar-refractivity contribution in [3.63, 3.8) is 0 Å². The van der Waals surface area contributed by atoms with Crippen LogP contribution < -0.4 is 0 Å². The molecule has 19 heavy (non-hydrogen) atoms. The second-order valence-electron chi connectivity index (χ2n) is 4.12. The van der Waals surface area contributed by atoms with Crippen molar-refractivity contribution in [2.75, 3.05) is 0 Å². The smallest absolute Gasteiger partial charge is 0 e. The Balaban J connectivity index is -0.000000233. The molecule has 0 aromatic rings. The molecule has 2 aliphatic rings. The summed E-state index contributed by atoms with van der Waals surface area (Å²) in [5.74, 6) is 0. The molecular weight excluding hydrogens is 530 g/mol. The van der Waals surface area contributed by atoms with Crippen LogP contribution in [-0.4, -0.2) is 0 Å². The molecule has 0 aliphatic heterocycles. The molecule has 0 amide bonds. The summed E-state index contributed by atoms with van der Waals surface area (Å²) in [6, 6.07) is 0. The van der Waals surface area contributed by atoms with Crippen LogP contribution >= 0.6 is 34.0 Å². The van der Waals surface area contributed by atoms with Gasteiger partial charge in [0.15, 0.2) is 0 Å². The van der Waals surface area contributed by atoms with Gasteiger partial charge < -0.3 is 0 Å². The van der Waals surface area contributed by atoms with E-state index in [1.165, 1.54) is 36.8 Å². The van der Waals surface area contributed by atoms with Crippen molar-refractivity contribution in [2.24, 2.45) is 0 Å². The number of hydrogen-bond donors (Lipinski definition) is 0. The Morgan fingerprint density at radius 2 is 1.21 bits per heavy atom. The Bertz CT molecular complexity index is 283. The zero-order chi connectivity index (χ0) is 11.6. The second-order valence-corrected chi connectivity index (χ2v) is 4.12. The summed E-state index contributed by atoms with van der Waals surface area (Å²) in [5.41, 5.74) is 2.79. The van der Waals surface area contributed by atoms with Crippen molar-refractivity contribution in [1.29, 1.82) is 0 Å². The standard InChI is InChI=1S/2C8H11.2BrH.Hf/c2*1-2-5-8-6-3-4-7-8;;;/h2*3,6H,2,4-5H2,1H3;2*1H;/q2*-1;;;. The van der Waals surface area contributed by atoms with Crippen LogP contribution in [0.15, 0.2) is 35.5 Å². The minimum Gasteiger partial charge on any atom is -0.269 e. The van der Waals surface area contributed by atoms with Gasteiger partial charge in [-0.15, -0.1) is 46.8 Å². The predicted molar refractivity (Wildman–Crippen MR) is 91.5 cm³/mol. The van der Waals surface area contributed by atoms with Crippen LogP contribution in [0.2, 0.25) is 0 Å². The van der Waals surface area contributed by atoms with Gasteiger partial charge in [-0.1, -0.05) is 39.5 Å². The molecule has 2 aliphatic carbocycles. The van der Waals surface area contributed by atoms with Gasteiger partial charge in [0, 0.05) is 25.8 Å². The fourth-order valence-electron chi connectivity index (χ4n) is 1.78. The van der Waals surface area contributed by atoms with Crippen LogP contribution in [-0.2, 0) is 25.8 Å². The molecular formula is C16H24Br2Hf-2. The zero-order valence-corrected chi connectivity index (χ0v) is 18.9. The van der Waals surface area contributed by atoms with Crippen LogP contribution in [0.3, 0.4) is 0 Å². The molecule has 0 unspecified atom stereocenters. The zero-order valence-electron chi connectivity index (χ0n) is 11.9. The summed E-state index contributed by atoms with van der Waals surface area (Å²) >= 11 is 0.